The highest BCUT2D eigenvalue weighted by Gasteiger charge is 2.29. The molecule has 40 heavy (non-hydrogen) atoms. The van der Waals surface area contributed by atoms with E-state index in [-0.39, 0.29) is 16.1 Å². The SMILES string of the molecule is Cc1ccc(-n2nc(C(C)(C)C)cc2NC(=O)Nc2ccc(OCC[N+]3(O)CCOCC3)c3ccccc23)cn1. The maximum Gasteiger partial charge on any atom is 0.324 e. The van der Waals surface area contributed by atoms with Crippen molar-refractivity contribution in [3.8, 4) is 11.4 Å². The second-order valence-electron chi connectivity index (χ2n) is 11.2. The molecule has 1 aliphatic heterocycles. The van der Waals surface area contributed by atoms with Crippen molar-refractivity contribution < 1.29 is 24.1 Å². The molecule has 0 unspecified atom stereocenters. The van der Waals surface area contributed by atoms with E-state index in [9.17, 15) is 10.0 Å². The Bertz CT molecular complexity index is 1490. The number of aromatic nitrogens is 3. The number of benzene rings is 2. The standard InChI is InChI=1S/C30H36N6O4/c1-21-9-10-22(20-31-21)35-28(19-27(34-35)30(2,3)4)33-29(37)32-25-11-12-26(24-8-6-5-7-23(24)25)40-18-15-36(38)13-16-39-17-14-36/h5-12,19-20,38H,13-18H2,1-4H3,(H-,32,33,34,37)/p+1. The van der Waals surface area contributed by atoms with Gasteiger partial charge in [-0.25, -0.2) is 14.7 Å². The van der Waals surface area contributed by atoms with Gasteiger partial charge in [-0.2, -0.15) is 9.75 Å². The van der Waals surface area contributed by atoms with Crippen LogP contribution in [0.5, 0.6) is 5.75 Å². The summed E-state index contributed by atoms with van der Waals surface area (Å²) in [5.74, 6) is 1.24. The molecule has 10 heteroatoms. The van der Waals surface area contributed by atoms with E-state index >= 15 is 0 Å². The fraction of sp³-hybridized carbons (Fsp3) is 0.367. The average Bonchev–Trinajstić information content (AvgIpc) is 3.35. The van der Waals surface area contributed by atoms with Gasteiger partial charge in [-0.05, 0) is 31.2 Å². The van der Waals surface area contributed by atoms with Crippen molar-refractivity contribution in [2.45, 2.75) is 33.1 Å². The van der Waals surface area contributed by atoms with Gasteiger partial charge in [0, 0.05) is 27.9 Å². The largest absolute Gasteiger partial charge is 0.487 e. The number of carbonyl (C=O) groups is 1. The molecule has 1 fully saturated rings. The van der Waals surface area contributed by atoms with Crippen molar-refractivity contribution in [3.63, 3.8) is 0 Å². The highest BCUT2D eigenvalue weighted by atomic mass is 16.6. The smallest absolute Gasteiger partial charge is 0.324 e. The summed E-state index contributed by atoms with van der Waals surface area (Å²) in [6.07, 6.45) is 1.74. The fourth-order valence-electron chi connectivity index (χ4n) is 4.63. The molecule has 5 rings (SSSR count). The summed E-state index contributed by atoms with van der Waals surface area (Å²) < 4.78 is 13.1. The molecule has 0 spiro atoms. The molecule has 0 aliphatic carbocycles. The van der Waals surface area contributed by atoms with Gasteiger partial charge < -0.3 is 14.8 Å². The highest BCUT2D eigenvalue weighted by Crippen LogP contribution is 2.32. The van der Waals surface area contributed by atoms with Crippen molar-refractivity contribution in [3.05, 3.63) is 72.2 Å². The number of carbonyl (C=O) groups excluding carboxylic acids is 1. The Hall–Kier alpha value is -3.99. The summed E-state index contributed by atoms with van der Waals surface area (Å²) in [7, 11) is 0. The van der Waals surface area contributed by atoms with Crippen molar-refractivity contribution in [1.82, 2.24) is 14.8 Å². The third-order valence-electron chi connectivity index (χ3n) is 7.06. The fourth-order valence-corrected chi connectivity index (χ4v) is 4.63. The minimum Gasteiger partial charge on any atom is -0.487 e. The molecule has 1 saturated heterocycles. The van der Waals surface area contributed by atoms with Crippen molar-refractivity contribution in [2.75, 3.05) is 50.1 Å². The first-order chi connectivity index (χ1) is 19.1. The number of nitrogens with zero attached hydrogens (tertiary/aromatic N) is 4. The Kier molecular flexibility index (Phi) is 7.75. The number of hydroxylamine groups is 3. The minimum atomic E-state index is -0.389. The van der Waals surface area contributed by atoms with Crippen LogP contribution in [0.4, 0.5) is 16.3 Å². The number of urea groups is 1. The minimum absolute atomic E-state index is 0.0517. The molecule has 0 saturated carbocycles. The van der Waals surface area contributed by atoms with Crippen molar-refractivity contribution in [2.24, 2.45) is 0 Å². The molecule has 0 atom stereocenters. The zero-order valence-corrected chi connectivity index (χ0v) is 23.5. The van der Waals surface area contributed by atoms with Crippen LogP contribution in [0.3, 0.4) is 0 Å². The second kappa shape index (κ2) is 11.2. The van der Waals surface area contributed by atoms with E-state index in [0.29, 0.717) is 56.7 Å². The number of hydrogen-bond acceptors (Lipinski definition) is 6. The number of fused-ring (bicyclic) bond motifs is 1. The maximum atomic E-state index is 13.2. The number of morpholine rings is 1. The third-order valence-corrected chi connectivity index (χ3v) is 7.06. The zero-order chi connectivity index (χ0) is 28.3. The van der Waals surface area contributed by atoms with E-state index < -0.39 is 0 Å². The predicted molar refractivity (Wildman–Crippen MR) is 154 cm³/mol. The first-order valence-electron chi connectivity index (χ1n) is 13.5. The van der Waals surface area contributed by atoms with E-state index in [2.05, 4.69) is 36.4 Å². The van der Waals surface area contributed by atoms with Gasteiger partial charge in [-0.1, -0.05) is 45.0 Å². The van der Waals surface area contributed by atoms with E-state index in [1.807, 2.05) is 61.5 Å². The first kappa shape index (κ1) is 27.6. The quantitative estimate of drug-likeness (QED) is 0.272. The third kappa shape index (κ3) is 6.25. The van der Waals surface area contributed by atoms with Crippen LogP contribution in [0.15, 0.2) is 60.8 Å². The Morgan fingerprint density at radius 2 is 1.82 bits per heavy atom. The van der Waals surface area contributed by atoms with Crippen LogP contribution in [-0.2, 0) is 10.2 Å². The van der Waals surface area contributed by atoms with Gasteiger partial charge in [0.05, 0.1) is 36.5 Å². The summed E-state index contributed by atoms with van der Waals surface area (Å²) in [5, 5.41) is 23.1. The van der Waals surface area contributed by atoms with E-state index in [0.717, 1.165) is 27.8 Å². The molecule has 2 aromatic carbocycles. The number of quaternary nitrogens is 1. The van der Waals surface area contributed by atoms with Gasteiger partial charge in [-0.3, -0.25) is 10.3 Å². The lowest BCUT2D eigenvalue weighted by atomic mass is 9.92. The lowest BCUT2D eigenvalue weighted by Crippen LogP contribution is -2.54. The molecular formula is C30H37N6O4+. The molecule has 210 valence electrons. The number of rotatable bonds is 7. The van der Waals surface area contributed by atoms with Crippen molar-refractivity contribution in [1.29, 1.82) is 0 Å². The number of anilines is 2. The van der Waals surface area contributed by atoms with E-state index in [1.54, 1.807) is 10.9 Å². The predicted octanol–water partition coefficient (Wildman–Crippen LogP) is 5.29. The molecular weight excluding hydrogens is 508 g/mol. The maximum absolute atomic E-state index is 13.2. The molecule has 3 heterocycles. The second-order valence-corrected chi connectivity index (χ2v) is 11.2. The van der Waals surface area contributed by atoms with Gasteiger partial charge in [0.2, 0.25) is 0 Å². The van der Waals surface area contributed by atoms with Crippen molar-refractivity contribution >= 4 is 28.3 Å². The lowest BCUT2D eigenvalue weighted by molar-refractivity contribution is -1.11. The van der Waals surface area contributed by atoms with Crippen LogP contribution in [0.2, 0.25) is 0 Å². The summed E-state index contributed by atoms with van der Waals surface area (Å²) in [6, 6.07) is 16.8. The van der Waals surface area contributed by atoms with E-state index in [4.69, 9.17) is 14.6 Å². The average molecular weight is 546 g/mol. The summed E-state index contributed by atoms with van der Waals surface area (Å²) in [4.78, 5) is 17.6. The number of pyridine rings is 1. The molecule has 0 bridgehead atoms. The topological polar surface area (TPSA) is 111 Å². The first-order valence-corrected chi connectivity index (χ1v) is 13.5. The van der Waals surface area contributed by atoms with Crippen LogP contribution < -0.4 is 15.4 Å². The summed E-state index contributed by atoms with van der Waals surface area (Å²) in [6.45, 7) is 11.2. The molecule has 10 nitrogen and oxygen atoms in total. The highest BCUT2D eigenvalue weighted by molar-refractivity contribution is 6.07. The Morgan fingerprint density at radius 1 is 1.07 bits per heavy atom. The van der Waals surface area contributed by atoms with Gasteiger partial charge in [0.1, 0.15) is 37.8 Å². The van der Waals surface area contributed by atoms with Gasteiger partial charge in [0.15, 0.2) is 0 Å². The van der Waals surface area contributed by atoms with Crippen LogP contribution in [0.1, 0.15) is 32.2 Å². The molecule has 1 aliphatic rings. The molecule has 2 aromatic heterocycles. The van der Waals surface area contributed by atoms with Gasteiger partial charge in [0.25, 0.3) is 0 Å². The Morgan fingerprint density at radius 3 is 2.52 bits per heavy atom. The number of hydrogen-bond donors (Lipinski definition) is 3. The number of amides is 2. The van der Waals surface area contributed by atoms with Gasteiger partial charge in [-0.15, -0.1) is 0 Å². The van der Waals surface area contributed by atoms with Crippen LogP contribution in [0.25, 0.3) is 16.5 Å². The van der Waals surface area contributed by atoms with Crippen LogP contribution in [-0.4, -0.2) is 70.1 Å². The lowest BCUT2D eigenvalue weighted by Gasteiger charge is -2.33. The zero-order valence-electron chi connectivity index (χ0n) is 23.5. The van der Waals surface area contributed by atoms with E-state index in [1.165, 1.54) is 0 Å². The Labute approximate surface area is 234 Å². The van der Waals surface area contributed by atoms with Crippen LogP contribution in [0, 0.1) is 6.92 Å². The number of nitrogens with one attached hydrogen (secondary N) is 2. The number of ether oxygens (including phenoxy) is 2. The molecule has 3 N–H and O–H groups in total. The Balaban J connectivity index is 1.34. The molecule has 4 aromatic rings. The van der Waals surface area contributed by atoms with Crippen LogP contribution >= 0.6 is 0 Å². The molecule has 0 radical (unpaired) electrons. The monoisotopic (exact) mass is 545 g/mol. The summed E-state index contributed by atoms with van der Waals surface area (Å²) in [5.41, 5.74) is 2.95. The summed E-state index contributed by atoms with van der Waals surface area (Å²) >= 11 is 0. The normalized spacial score (nSPS) is 15.1. The van der Waals surface area contributed by atoms with Gasteiger partial charge >= 0.3 is 6.03 Å². The number of aryl methyl sites for hydroxylation is 1. The molecule has 2 amide bonds.